The summed E-state index contributed by atoms with van der Waals surface area (Å²) in [7, 11) is 1.47. The summed E-state index contributed by atoms with van der Waals surface area (Å²) in [6, 6.07) is -0.710. The van der Waals surface area contributed by atoms with Crippen molar-refractivity contribution in [2.45, 2.75) is 37.9 Å². The molecule has 0 rings (SSSR count). The maximum absolute atomic E-state index is 11.7. The van der Waals surface area contributed by atoms with E-state index in [1.165, 1.54) is 7.11 Å². The molecule has 3 nitrogen and oxygen atoms in total. The zero-order chi connectivity index (χ0) is 11.9. The van der Waals surface area contributed by atoms with Crippen molar-refractivity contribution < 1.29 is 22.7 Å². The molecule has 0 aromatic heterocycles. The van der Waals surface area contributed by atoms with E-state index in [1.54, 1.807) is 0 Å². The van der Waals surface area contributed by atoms with Gasteiger partial charge in [-0.1, -0.05) is 0 Å². The molecule has 0 heterocycles. The molecule has 0 bridgehead atoms. The Morgan fingerprint density at radius 2 is 2.07 bits per heavy atom. The van der Waals surface area contributed by atoms with E-state index in [9.17, 15) is 18.0 Å². The number of ether oxygens (including phenoxy) is 1. The number of alkyl halides is 3. The van der Waals surface area contributed by atoms with Gasteiger partial charge in [0.25, 0.3) is 0 Å². The van der Waals surface area contributed by atoms with Crippen LogP contribution in [0.15, 0.2) is 0 Å². The summed E-state index contributed by atoms with van der Waals surface area (Å²) in [4.78, 5) is 11.2. The molecule has 6 heteroatoms. The normalized spacial score (nSPS) is 13.9. The molecule has 0 saturated carbocycles. The van der Waals surface area contributed by atoms with E-state index < -0.39 is 18.6 Å². The van der Waals surface area contributed by atoms with E-state index in [0.29, 0.717) is 13.0 Å². The first-order valence-corrected chi connectivity index (χ1v) is 4.71. The van der Waals surface area contributed by atoms with Crippen molar-refractivity contribution in [1.29, 1.82) is 0 Å². The third kappa shape index (κ3) is 8.38. The zero-order valence-corrected chi connectivity index (χ0v) is 8.64. The maximum atomic E-state index is 11.7. The highest BCUT2D eigenvalue weighted by Crippen LogP contribution is 2.22. The smallest absolute Gasteiger partial charge is 0.385 e. The lowest BCUT2D eigenvalue weighted by Crippen LogP contribution is -2.31. The van der Waals surface area contributed by atoms with Crippen LogP contribution in [0.5, 0.6) is 0 Å². The lowest BCUT2D eigenvalue weighted by atomic mass is 10.0. The number of hydrogen-bond donors (Lipinski definition) is 1. The molecule has 15 heavy (non-hydrogen) atoms. The number of carbonyl (C=O) groups excluding carboxylic acids is 1. The molecular formula is C9H16F3NO2. The fourth-order valence-corrected chi connectivity index (χ4v) is 1.05. The van der Waals surface area contributed by atoms with E-state index in [2.05, 4.69) is 0 Å². The SMILES string of the molecule is COCCC(N)C(=O)CCCC(F)(F)F. The first-order chi connectivity index (χ1) is 6.87. The van der Waals surface area contributed by atoms with E-state index in [1.807, 2.05) is 0 Å². The molecule has 0 amide bonds. The average molecular weight is 227 g/mol. The Balaban J connectivity index is 3.64. The van der Waals surface area contributed by atoms with Gasteiger partial charge in [-0.15, -0.1) is 0 Å². The molecule has 0 aromatic carbocycles. The Morgan fingerprint density at radius 3 is 2.53 bits per heavy atom. The number of Topliss-reactive ketones (excluding diaryl/α,β-unsaturated/α-hetero) is 1. The third-order valence-electron chi connectivity index (χ3n) is 1.93. The van der Waals surface area contributed by atoms with Gasteiger partial charge in [0.1, 0.15) is 5.78 Å². The fourth-order valence-electron chi connectivity index (χ4n) is 1.05. The number of carbonyl (C=O) groups is 1. The molecule has 0 aliphatic heterocycles. The van der Waals surface area contributed by atoms with Gasteiger partial charge in [0.2, 0.25) is 0 Å². The lowest BCUT2D eigenvalue weighted by Gasteiger charge is -2.10. The van der Waals surface area contributed by atoms with Crippen molar-refractivity contribution in [3.05, 3.63) is 0 Å². The highest BCUT2D eigenvalue weighted by atomic mass is 19.4. The second-order valence-electron chi connectivity index (χ2n) is 3.32. The topological polar surface area (TPSA) is 52.3 Å². The molecule has 0 aliphatic rings. The summed E-state index contributed by atoms with van der Waals surface area (Å²) in [5.74, 6) is -0.337. The summed E-state index contributed by atoms with van der Waals surface area (Å²) in [6.07, 6.45) is -5.10. The van der Waals surface area contributed by atoms with Gasteiger partial charge in [0, 0.05) is 26.6 Å². The largest absolute Gasteiger partial charge is 0.389 e. The molecular weight excluding hydrogens is 211 g/mol. The van der Waals surface area contributed by atoms with Crippen LogP contribution >= 0.6 is 0 Å². The molecule has 0 saturated heterocycles. The predicted octanol–water partition coefficient (Wildman–Crippen LogP) is 1.65. The molecule has 0 fully saturated rings. The van der Waals surface area contributed by atoms with Crippen molar-refractivity contribution in [3.8, 4) is 0 Å². The number of ketones is 1. The Hall–Kier alpha value is -0.620. The Labute approximate surface area is 86.8 Å². The molecule has 1 unspecified atom stereocenters. The van der Waals surface area contributed by atoms with Crippen LogP contribution in [0.1, 0.15) is 25.7 Å². The number of nitrogens with two attached hydrogens (primary N) is 1. The number of methoxy groups -OCH3 is 1. The molecule has 2 N–H and O–H groups in total. The molecule has 90 valence electrons. The van der Waals surface area contributed by atoms with E-state index in [-0.39, 0.29) is 18.6 Å². The molecule has 0 aromatic rings. The predicted molar refractivity (Wildman–Crippen MR) is 49.4 cm³/mol. The van der Waals surface area contributed by atoms with Gasteiger partial charge in [0.05, 0.1) is 6.04 Å². The van der Waals surface area contributed by atoms with E-state index in [4.69, 9.17) is 10.5 Å². The standard InChI is InChI=1S/C9H16F3NO2/c1-15-6-4-7(13)8(14)3-2-5-9(10,11)12/h7H,2-6,13H2,1H3. The van der Waals surface area contributed by atoms with Crippen LogP contribution < -0.4 is 5.73 Å². The van der Waals surface area contributed by atoms with Crippen molar-refractivity contribution >= 4 is 5.78 Å². The minimum Gasteiger partial charge on any atom is -0.385 e. The van der Waals surface area contributed by atoms with Gasteiger partial charge >= 0.3 is 6.18 Å². The summed E-state index contributed by atoms with van der Waals surface area (Å²) >= 11 is 0. The van der Waals surface area contributed by atoms with E-state index in [0.717, 1.165) is 0 Å². The van der Waals surface area contributed by atoms with Crippen LogP contribution in [0.2, 0.25) is 0 Å². The van der Waals surface area contributed by atoms with E-state index >= 15 is 0 Å². The van der Waals surface area contributed by atoms with Gasteiger partial charge < -0.3 is 10.5 Å². The average Bonchev–Trinajstić information content (AvgIpc) is 2.11. The van der Waals surface area contributed by atoms with Gasteiger partial charge in [-0.25, -0.2) is 0 Å². The monoisotopic (exact) mass is 227 g/mol. The van der Waals surface area contributed by atoms with Crippen LogP contribution in [0.25, 0.3) is 0 Å². The lowest BCUT2D eigenvalue weighted by molar-refractivity contribution is -0.137. The van der Waals surface area contributed by atoms with Crippen molar-refractivity contribution in [2.75, 3.05) is 13.7 Å². The summed E-state index contributed by atoms with van der Waals surface area (Å²) in [6.45, 7) is 0.339. The van der Waals surface area contributed by atoms with Gasteiger partial charge in [0.15, 0.2) is 0 Å². The zero-order valence-electron chi connectivity index (χ0n) is 8.64. The van der Waals surface area contributed by atoms with Crippen LogP contribution in [0.3, 0.4) is 0 Å². The highest BCUT2D eigenvalue weighted by molar-refractivity contribution is 5.83. The van der Waals surface area contributed by atoms with Crippen LogP contribution in [0.4, 0.5) is 13.2 Å². The second kappa shape index (κ2) is 6.79. The molecule has 0 spiro atoms. The minimum atomic E-state index is -4.20. The maximum Gasteiger partial charge on any atom is 0.389 e. The third-order valence-corrected chi connectivity index (χ3v) is 1.93. The Morgan fingerprint density at radius 1 is 1.47 bits per heavy atom. The fraction of sp³-hybridized carbons (Fsp3) is 0.889. The summed E-state index contributed by atoms with van der Waals surface area (Å²) in [5, 5.41) is 0. The van der Waals surface area contributed by atoms with Gasteiger partial charge in [-0.3, -0.25) is 4.79 Å². The van der Waals surface area contributed by atoms with Crippen molar-refractivity contribution in [3.63, 3.8) is 0 Å². The number of rotatable bonds is 7. The van der Waals surface area contributed by atoms with Gasteiger partial charge in [-0.2, -0.15) is 13.2 Å². The molecule has 0 radical (unpaired) electrons. The number of hydrogen-bond acceptors (Lipinski definition) is 3. The Kier molecular flexibility index (Phi) is 6.51. The second-order valence-corrected chi connectivity index (χ2v) is 3.32. The summed E-state index contributed by atoms with van der Waals surface area (Å²) < 4.78 is 40.0. The summed E-state index contributed by atoms with van der Waals surface area (Å²) in [5.41, 5.74) is 5.44. The highest BCUT2D eigenvalue weighted by Gasteiger charge is 2.27. The van der Waals surface area contributed by atoms with Crippen molar-refractivity contribution in [2.24, 2.45) is 5.73 Å². The number of halogens is 3. The first-order valence-electron chi connectivity index (χ1n) is 4.71. The van der Waals surface area contributed by atoms with Crippen LogP contribution in [0, 0.1) is 0 Å². The van der Waals surface area contributed by atoms with Gasteiger partial charge in [-0.05, 0) is 12.8 Å². The Bertz CT molecular complexity index is 194. The minimum absolute atomic E-state index is 0.121. The van der Waals surface area contributed by atoms with Crippen LogP contribution in [-0.2, 0) is 9.53 Å². The van der Waals surface area contributed by atoms with Crippen molar-refractivity contribution in [1.82, 2.24) is 0 Å². The quantitative estimate of drug-likeness (QED) is 0.719. The van der Waals surface area contributed by atoms with Crippen LogP contribution in [-0.4, -0.2) is 31.7 Å². The first kappa shape index (κ1) is 14.4. The molecule has 0 aliphatic carbocycles. The molecule has 1 atom stereocenters.